The molecule has 2 aliphatic rings. The van der Waals surface area contributed by atoms with E-state index in [2.05, 4.69) is 17.1 Å². The van der Waals surface area contributed by atoms with Crippen molar-refractivity contribution in [2.45, 2.75) is 26.1 Å². The van der Waals surface area contributed by atoms with Gasteiger partial charge in [0.25, 0.3) is 0 Å². The van der Waals surface area contributed by atoms with Crippen LogP contribution in [0.5, 0.6) is 5.75 Å². The number of piperazine rings is 1. The van der Waals surface area contributed by atoms with Gasteiger partial charge in [-0.1, -0.05) is 11.6 Å². The molecule has 1 saturated heterocycles. The second-order valence-electron chi connectivity index (χ2n) is 5.25. The summed E-state index contributed by atoms with van der Waals surface area (Å²) < 4.78 is 11.0. The highest BCUT2D eigenvalue weighted by atomic mass is 35.5. The number of hydrogen-bond acceptors (Lipinski definition) is 4. The highest BCUT2D eigenvalue weighted by Crippen LogP contribution is 2.32. The van der Waals surface area contributed by atoms with Gasteiger partial charge in [0.15, 0.2) is 6.79 Å². The molecule has 3 rings (SSSR count). The van der Waals surface area contributed by atoms with Crippen LogP contribution in [0.1, 0.15) is 18.1 Å². The minimum Gasteiger partial charge on any atom is -0.467 e. The van der Waals surface area contributed by atoms with Crippen LogP contribution in [-0.2, 0) is 17.9 Å². The van der Waals surface area contributed by atoms with Crippen LogP contribution >= 0.6 is 11.6 Å². The van der Waals surface area contributed by atoms with Crippen LogP contribution in [0.2, 0.25) is 5.02 Å². The van der Waals surface area contributed by atoms with E-state index in [1.807, 2.05) is 12.1 Å². The van der Waals surface area contributed by atoms with Crippen molar-refractivity contribution in [2.24, 2.45) is 0 Å². The van der Waals surface area contributed by atoms with Gasteiger partial charge < -0.3 is 14.8 Å². The number of hydrogen-bond donors (Lipinski definition) is 1. The van der Waals surface area contributed by atoms with Crippen molar-refractivity contribution in [3.8, 4) is 5.75 Å². The molecule has 2 heterocycles. The van der Waals surface area contributed by atoms with Crippen LogP contribution in [0.3, 0.4) is 0 Å². The lowest BCUT2D eigenvalue weighted by atomic mass is 10.1. The summed E-state index contributed by atoms with van der Waals surface area (Å²) in [6, 6.07) is 4.48. The molecule has 2 aliphatic heterocycles. The summed E-state index contributed by atoms with van der Waals surface area (Å²) in [6.07, 6.45) is 0. The third kappa shape index (κ3) is 3.03. The molecule has 4 nitrogen and oxygen atoms in total. The Labute approximate surface area is 118 Å². The summed E-state index contributed by atoms with van der Waals surface area (Å²) in [4.78, 5) is 2.44. The minimum absolute atomic E-state index is 0.333. The van der Waals surface area contributed by atoms with Gasteiger partial charge in [-0.3, -0.25) is 4.90 Å². The quantitative estimate of drug-likeness (QED) is 0.900. The van der Waals surface area contributed by atoms with E-state index >= 15 is 0 Å². The third-order valence-electron chi connectivity index (χ3n) is 3.60. The summed E-state index contributed by atoms with van der Waals surface area (Å²) in [5, 5.41) is 4.21. The van der Waals surface area contributed by atoms with E-state index in [0.29, 0.717) is 19.4 Å². The lowest BCUT2D eigenvalue weighted by Crippen LogP contribution is -2.48. The summed E-state index contributed by atoms with van der Waals surface area (Å²) in [5.74, 6) is 0.960. The molecule has 0 saturated carbocycles. The number of fused-ring (bicyclic) bond motifs is 1. The van der Waals surface area contributed by atoms with Crippen molar-refractivity contribution < 1.29 is 9.47 Å². The molecule has 19 heavy (non-hydrogen) atoms. The second kappa shape index (κ2) is 5.67. The maximum atomic E-state index is 6.19. The fourth-order valence-electron chi connectivity index (χ4n) is 2.77. The van der Waals surface area contributed by atoms with Crippen molar-refractivity contribution >= 4 is 11.6 Å². The van der Waals surface area contributed by atoms with Crippen molar-refractivity contribution in [2.75, 3.05) is 26.4 Å². The van der Waals surface area contributed by atoms with Gasteiger partial charge in [-0.2, -0.15) is 0 Å². The Bertz CT molecular complexity index is 467. The van der Waals surface area contributed by atoms with Crippen molar-refractivity contribution in [3.63, 3.8) is 0 Å². The van der Waals surface area contributed by atoms with Crippen molar-refractivity contribution in [1.82, 2.24) is 10.2 Å². The summed E-state index contributed by atoms with van der Waals surface area (Å²) in [6.45, 7) is 7.16. The Morgan fingerprint density at radius 3 is 3.21 bits per heavy atom. The van der Waals surface area contributed by atoms with Crippen LogP contribution in [-0.4, -0.2) is 37.4 Å². The van der Waals surface area contributed by atoms with Gasteiger partial charge >= 0.3 is 0 Å². The largest absolute Gasteiger partial charge is 0.467 e. The standard InChI is InChI=1S/C14H19ClN2O2/c1-10-6-17(3-2-16-10)7-11-4-13(15)5-12-8-18-9-19-14(11)12/h4-5,10,16H,2-3,6-9H2,1H3/t10-/m0/s1. The molecule has 1 aromatic carbocycles. The van der Waals surface area contributed by atoms with E-state index in [1.54, 1.807) is 0 Å². The topological polar surface area (TPSA) is 33.7 Å². The minimum atomic E-state index is 0.333. The van der Waals surface area contributed by atoms with Gasteiger partial charge in [-0.25, -0.2) is 0 Å². The molecule has 0 spiro atoms. The molecule has 1 aromatic rings. The van der Waals surface area contributed by atoms with E-state index in [0.717, 1.165) is 42.5 Å². The molecular formula is C14H19ClN2O2. The highest BCUT2D eigenvalue weighted by Gasteiger charge is 2.21. The SMILES string of the molecule is C[C@H]1CN(Cc2cc(Cl)cc3c2OCOC3)CCN1. The number of halogens is 1. The maximum absolute atomic E-state index is 6.19. The molecule has 0 aromatic heterocycles. The zero-order valence-electron chi connectivity index (χ0n) is 11.1. The molecular weight excluding hydrogens is 264 g/mol. The van der Waals surface area contributed by atoms with E-state index in [4.69, 9.17) is 21.1 Å². The lowest BCUT2D eigenvalue weighted by molar-refractivity contribution is -0.0175. The molecule has 104 valence electrons. The first-order valence-corrected chi connectivity index (χ1v) is 7.08. The Kier molecular flexibility index (Phi) is 3.93. The van der Waals surface area contributed by atoms with Gasteiger partial charge in [0.05, 0.1) is 6.61 Å². The van der Waals surface area contributed by atoms with Crippen molar-refractivity contribution in [3.05, 3.63) is 28.3 Å². The molecule has 0 unspecified atom stereocenters. The highest BCUT2D eigenvalue weighted by molar-refractivity contribution is 6.30. The predicted molar refractivity (Wildman–Crippen MR) is 74.5 cm³/mol. The van der Waals surface area contributed by atoms with Crippen molar-refractivity contribution in [1.29, 1.82) is 0 Å². The van der Waals surface area contributed by atoms with E-state index < -0.39 is 0 Å². The van der Waals surface area contributed by atoms with Crippen LogP contribution in [0.4, 0.5) is 0 Å². The molecule has 0 aliphatic carbocycles. The summed E-state index contributed by atoms with van der Waals surface area (Å²) >= 11 is 6.19. The van der Waals surface area contributed by atoms with E-state index in [9.17, 15) is 0 Å². The smallest absolute Gasteiger partial charge is 0.189 e. The average molecular weight is 283 g/mol. The number of ether oxygens (including phenoxy) is 2. The normalized spacial score (nSPS) is 23.8. The Balaban J connectivity index is 1.81. The number of rotatable bonds is 2. The summed E-state index contributed by atoms with van der Waals surface area (Å²) in [5.41, 5.74) is 2.22. The van der Waals surface area contributed by atoms with Gasteiger partial charge in [0, 0.05) is 48.4 Å². The van der Waals surface area contributed by atoms with Gasteiger partial charge in [0.2, 0.25) is 0 Å². The molecule has 1 atom stereocenters. The second-order valence-corrected chi connectivity index (χ2v) is 5.69. The van der Waals surface area contributed by atoms with Crippen LogP contribution < -0.4 is 10.1 Å². The Hall–Kier alpha value is -0.810. The monoisotopic (exact) mass is 282 g/mol. The fourth-order valence-corrected chi connectivity index (χ4v) is 3.03. The lowest BCUT2D eigenvalue weighted by Gasteiger charge is -2.32. The first kappa shape index (κ1) is 13.2. The fraction of sp³-hybridized carbons (Fsp3) is 0.571. The molecule has 5 heteroatoms. The Morgan fingerprint density at radius 1 is 1.47 bits per heavy atom. The number of nitrogens with zero attached hydrogens (tertiary/aromatic N) is 1. The van der Waals surface area contributed by atoms with E-state index in [-0.39, 0.29) is 0 Å². The third-order valence-corrected chi connectivity index (χ3v) is 3.82. The average Bonchev–Trinajstić information content (AvgIpc) is 2.38. The van der Waals surface area contributed by atoms with Gasteiger partial charge in [-0.05, 0) is 19.1 Å². The molecule has 0 radical (unpaired) electrons. The zero-order chi connectivity index (χ0) is 13.2. The van der Waals surface area contributed by atoms with Gasteiger partial charge in [0.1, 0.15) is 5.75 Å². The molecule has 0 amide bonds. The first-order chi connectivity index (χ1) is 9.22. The zero-order valence-corrected chi connectivity index (χ0v) is 11.9. The van der Waals surface area contributed by atoms with Crippen LogP contribution in [0, 0.1) is 0 Å². The van der Waals surface area contributed by atoms with E-state index in [1.165, 1.54) is 5.56 Å². The molecule has 1 N–H and O–H groups in total. The van der Waals surface area contributed by atoms with Crippen LogP contribution in [0.15, 0.2) is 12.1 Å². The predicted octanol–water partition coefficient (Wildman–Crippen LogP) is 2.00. The van der Waals surface area contributed by atoms with Crippen LogP contribution in [0.25, 0.3) is 0 Å². The Morgan fingerprint density at radius 2 is 2.37 bits per heavy atom. The molecule has 0 bridgehead atoms. The maximum Gasteiger partial charge on any atom is 0.189 e. The van der Waals surface area contributed by atoms with Gasteiger partial charge in [-0.15, -0.1) is 0 Å². The number of benzene rings is 1. The summed E-state index contributed by atoms with van der Waals surface area (Å²) in [7, 11) is 0. The first-order valence-electron chi connectivity index (χ1n) is 6.70. The molecule has 1 fully saturated rings. The number of nitrogens with one attached hydrogen (secondary N) is 1.